The molecule has 1 atom stereocenters. The van der Waals surface area contributed by atoms with Crippen LogP contribution in [0.5, 0.6) is 0 Å². The molecule has 24 heavy (non-hydrogen) atoms. The molecule has 3 rings (SSSR count). The van der Waals surface area contributed by atoms with Crippen LogP contribution < -0.4 is 11.1 Å². The predicted octanol–water partition coefficient (Wildman–Crippen LogP) is 2.76. The number of hydrogen-bond donors (Lipinski definition) is 2. The van der Waals surface area contributed by atoms with Crippen LogP contribution in [0.15, 0.2) is 86.0 Å². The van der Waals surface area contributed by atoms with Crippen LogP contribution >= 0.6 is 0 Å². The van der Waals surface area contributed by atoms with Crippen LogP contribution in [0, 0.1) is 0 Å². The lowest BCUT2D eigenvalue weighted by Crippen LogP contribution is -2.25. The normalized spacial score (nSPS) is 12.4. The third kappa shape index (κ3) is 3.57. The molecule has 0 saturated carbocycles. The van der Waals surface area contributed by atoms with E-state index in [0.29, 0.717) is 0 Å². The third-order valence-electron chi connectivity index (χ3n) is 3.84. The van der Waals surface area contributed by atoms with Crippen LogP contribution in [0.1, 0.15) is 28.7 Å². The molecule has 0 bridgehead atoms. The first-order valence-corrected chi connectivity index (χ1v) is 7.72. The molecule has 120 valence electrons. The molecular formula is C19H19N5. The Morgan fingerprint density at radius 1 is 0.792 bits per heavy atom. The van der Waals surface area contributed by atoms with Gasteiger partial charge in [0.1, 0.15) is 0 Å². The number of hydrogen-bond acceptors (Lipinski definition) is 5. The first-order chi connectivity index (χ1) is 11.9. The summed E-state index contributed by atoms with van der Waals surface area (Å²) in [5.74, 6) is 0.0211. The van der Waals surface area contributed by atoms with Crippen molar-refractivity contribution in [2.75, 3.05) is 0 Å². The minimum Gasteiger partial charge on any atom is -0.403 e. The lowest BCUT2D eigenvalue weighted by atomic mass is 9.83. The highest BCUT2D eigenvalue weighted by molar-refractivity contribution is 5.35. The van der Waals surface area contributed by atoms with Gasteiger partial charge in [0.05, 0.1) is 6.04 Å². The van der Waals surface area contributed by atoms with Gasteiger partial charge >= 0.3 is 0 Å². The van der Waals surface area contributed by atoms with E-state index in [9.17, 15) is 0 Å². The van der Waals surface area contributed by atoms with Gasteiger partial charge in [-0.2, -0.15) is 0 Å². The van der Waals surface area contributed by atoms with Gasteiger partial charge in [-0.15, -0.1) is 0 Å². The summed E-state index contributed by atoms with van der Waals surface area (Å²) < 4.78 is 0. The second-order valence-electron chi connectivity index (χ2n) is 5.34. The van der Waals surface area contributed by atoms with E-state index in [-0.39, 0.29) is 12.0 Å². The molecule has 3 N–H and O–H groups in total. The highest BCUT2D eigenvalue weighted by Crippen LogP contribution is 2.36. The van der Waals surface area contributed by atoms with Crippen molar-refractivity contribution in [3.8, 4) is 0 Å². The number of nitrogens with one attached hydrogen (secondary N) is 1. The standard InChI is InChI=1S/C19H19N5/c20-7-11-24-19(17-6-3-10-23-14-17)18(15-4-1-8-21-12-15)16-5-2-9-22-13-16/h1-14,18-19,24H,20H2/b11-7-. The van der Waals surface area contributed by atoms with Crippen molar-refractivity contribution in [2.24, 2.45) is 5.73 Å². The Labute approximate surface area is 141 Å². The summed E-state index contributed by atoms with van der Waals surface area (Å²) in [6.07, 6.45) is 14.2. The SMILES string of the molecule is N/C=C\NC(c1cccnc1)C(c1cccnc1)c1cccnc1. The summed E-state index contributed by atoms with van der Waals surface area (Å²) in [5.41, 5.74) is 8.80. The van der Waals surface area contributed by atoms with Crippen LogP contribution in [0.2, 0.25) is 0 Å². The van der Waals surface area contributed by atoms with Crippen molar-refractivity contribution >= 4 is 0 Å². The van der Waals surface area contributed by atoms with E-state index in [2.05, 4.69) is 38.5 Å². The molecule has 5 nitrogen and oxygen atoms in total. The fourth-order valence-electron chi connectivity index (χ4n) is 2.80. The Morgan fingerprint density at radius 3 is 1.71 bits per heavy atom. The van der Waals surface area contributed by atoms with Crippen molar-refractivity contribution < 1.29 is 0 Å². The lowest BCUT2D eigenvalue weighted by molar-refractivity contribution is 0.547. The molecule has 5 heteroatoms. The van der Waals surface area contributed by atoms with E-state index in [1.807, 2.05) is 36.8 Å². The average molecular weight is 317 g/mol. The monoisotopic (exact) mass is 317 g/mol. The number of nitrogens with zero attached hydrogens (tertiary/aromatic N) is 3. The maximum atomic E-state index is 5.55. The molecule has 0 aromatic carbocycles. The molecule has 3 aromatic rings. The minimum absolute atomic E-state index is 0.0211. The first kappa shape index (κ1) is 15.7. The fourth-order valence-corrected chi connectivity index (χ4v) is 2.80. The molecule has 0 amide bonds. The van der Waals surface area contributed by atoms with Gasteiger partial charge in [0, 0.05) is 55.5 Å². The molecule has 0 aliphatic rings. The van der Waals surface area contributed by atoms with Crippen molar-refractivity contribution in [3.63, 3.8) is 0 Å². The van der Waals surface area contributed by atoms with E-state index in [1.54, 1.807) is 24.8 Å². The van der Waals surface area contributed by atoms with Gasteiger partial charge in [0.15, 0.2) is 0 Å². The number of rotatable bonds is 6. The van der Waals surface area contributed by atoms with Gasteiger partial charge in [-0.05, 0) is 34.9 Å². The molecule has 3 heterocycles. The van der Waals surface area contributed by atoms with E-state index in [0.717, 1.165) is 16.7 Å². The van der Waals surface area contributed by atoms with E-state index >= 15 is 0 Å². The summed E-state index contributed by atoms with van der Waals surface area (Å²) in [6, 6.07) is 12.0. The molecule has 1 unspecified atom stereocenters. The van der Waals surface area contributed by atoms with Crippen LogP contribution in [0.3, 0.4) is 0 Å². The molecule has 0 fully saturated rings. The zero-order valence-corrected chi connectivity index (χ0v) is 13.2. The topological polar surface area (TPSA) is 76.7 Å². The number of aromatic nitrogens is 3. The largest absolute Gasteiger partial charge is 0.403 e. The van der Waals surface area contributed by atoms with E-state index < -0.39 is 0 Å². The van der Waals surface area contributed by atoms with Gasteiger partial charge in [-0.1, -0.05) is 18.2 Å². The lowest BCUT2D eigenvalue weighted by Gasteiger charge is -2.28. The summed E-state index contributed by atoms with van der Waals surface area (Å²) in [4.78, 5) is 12.8. The quantitative estimate of drug-likeness (QED) is 0.731. The van der Waals surface area contributed by atoms with Crippen molar-refractivity contribution in [3.05, 3.63) is 103 Å². The third-order valence-corrected chi connectivity index (χ3v) is 3.84. The second-order valence-corrected chi connectivity index (χ2v) is 5.34. The Kier molecular flexibility index (Phi) is 5.14. The van der Waals surface area contributed by atoms with Crippen LogP contribution in [-0.4, -0.2) is 15.0 Å². The van der Waals surface area contributed by atoms with Gasteiger partial charge < -0.3 is 11.1 Å². The molecular weight excluding hydrogens is 298 g/mol. The molecule has 0 radical (unpaired) electrons. The Bertz CT molecular complexity index is 720. The van der Waals surface area contributed by atoms with Crippen LogP contribution in [0.25, 0.3) is 0 Å². The summed E-state index contributed by atoms with van der Waals surface area (Å²) in [7, 11) is 0. The smallest absolute Gasteiger partial charge is 0.0634 e. The molecule has 0 saturated heterocycles. The number of nitrogens with two attached hydrogens (primary N) is 1. The first-order valence-electron chi connectivity index (χ1n) is 7.72. The zero-order valence-electron chi connectivity index (χ0n) is 13.2. The van der Waals surface area contributed by atoms with Crippen molar-refractivity contribution in [2.45, 2.75) is 12.0 Å². The van der Waals surface area contributed by atoms with Gasteiger partial charge in [-0.3, -0.25) is 15.0 Å². The summed E-state index contributed by atoms with van der Waals surface area (Å²) in [6.45, 7) is 0. The maximum Gasteiger partial charge on any atom is 0.0634 e. The fraction of sp³-hybridized carbons (Fsp3) is 0.105. The second kappa shape index (κ2) is 7.87. The highest BCUT2D eigenvalue weighted by atomic mass is 14.9. The number of pyridine rings is 3. The zero-order chi connectivity index (χ0) is 16.6. The van der Waals surface area contributed by atoms with Crippen molar-refractivity contribution in [1.82, 2.24) is 20.3 Å². The van der Waals surface area contributed by atoms with Crippen LogP contribution in [-0.2, 0) is 0 Å². The van der Waals surface area contributed by atoms with Crippen molar-refractivity contribution in [1.29, 1.82) is 0 Å². The average Bonchev–Trinajstić information content (AvgIpc) is 2.67. The maximum absolute atomic E-state index is 5.55. The predicted molar refractivity (Wildman–Crippen MR) is 93.8 cm³/mol. The summed E-state index contributed by atoms with van der Waals surface area (Å²) in [5, 5.41) is 3.38. The molecule has 0 aliphatic carbocycles. The molecule has 0 aliphatic heterocycles. The highest BCUT2D eigenvalue weighted by Gasteiger charge is 2.26. The Balaban J connectivity index is 2.10. The minimum atomic E-state index is -0.0492. The van der Waals surface area contributed by atoms with Gasteiger partial charge in [0.2, 0.25) is 0 Å². The molecule has 0 spiro atoms. The Hall–Kier alpha value is -3.21. The van der Waals surface area contributed by atoms with Crippen LogP contribution in [0.4, 0.5) is 0 Å². The summed E-state index contributed by atoms with van der Waals surface area (Å²) >= 11 is 0. The molecule has 3 aromatic heterocycles. The van der Waals surface area contributed by atoms with Gasteiger partial charge in [-0.25, -0.2) is 0 Å². The Morgan fingerprint density at radius 2 is 1.29 bits per heavy atom. The van der Waals surface area contributed by atoms with E-state index in [1.165, 1.54) is 6.20 Å². The van der Waals surface area contributed by atoms with Gasteiger partial charge in [0.25, 0.3) is 0 Å². The van der Waals surface area contributed by atoms with E-state index in [4.69, 9.17) is 5.73 Å².